The Morgan fingerprint density at radius 3 is 2.80 bits per heavy atom. The summed E-state index contributed by atoms with van der Waals surface area (Å²) in [7, 11) is 0. The molecule has 1 heterocycles. The van der Waals surface area contributed by atoms with Gasteiger partial charge in [0.1, 0.15) is 0 Å². The third kappa shape index (κ3) is 5.14. The van der Waals surface area contributed by atoms with Gasteiger partial charge in [-0.25, -0.2) is 9.37 Å². The van der Waals surface area contributed by atoms with Gasteiger partial charge in [-0.1, -0.05) is 30.7 Å². The van der Waals surface area contributed by atoms with Crippen molar-refractivity contribution in [1.29, 1.82) is 0 Å². The summed E-state index contributed by atoms with van der Waals surface area (Å²) in [6.45, 7) is 4.32. The molecular formula is C18H21ClFN3O2. The third-order valence-corrected chi connectivity index (χ3v) is 4.00. The maximum atomic E-state index is 15.0. The third-order valence-electron chi connectivity index (χ3n) is 3.70. The van der Waals surface area contributed by atoms with Crippen LogP contribution in [0.4, 0.5) is 4.39 Å². The van der Waals surface area contributed by atoms with Crippen molar-refractivity contribution in [1.82, 2.24) is 15.6 Å². The summed E-state index contributed by atoms with van der Waals surface area (Å²) >= 11 is 6.11. The zero-order chi connectivity index (χ0) is 18.2. The molecule has 2 atom stereocenters. The van der Waals surface area contributed by atoms with E-state index in [4.69, 9.17) is 16.3 Å². The second-order valence-corrected chi connectivity index (χ2v) is 6.01. The number of nitrogens with zero attached hydrogens (tertiary/aromatic N) is 1. The van der Waals surface area contributed by atoms with Crippen molar-refractivity contribution in [3.05, 3.63) is 52.9 Å². The SMILES string of the molecule is CC[C@@H](N[C@@H](C)CNC=O)c1ccc(Cl)c(Oc2ccccn2)c1F. The lowest BCUT2D eigenvalue weighted by molar-refractivity contribution is -0.109. The van der Waals surface area contributed by atoms with E-state index in [9.17, 15) is 4.79 Å². The Hall–Kier alpha value is -2.18. The van der Waals surface area contributed by atoms with E-state index in [1.807, 2.05) is 13.8 Å². The maximum absolute atomic E-state index is 15.0. The van der Waals surface area contributed by atoms with E-state index in [0.29, 0.717) is 24.9 Å². The first kappa shape index (κ1) is 19.1. The van der Waals surface area contributed by atoms with Gasteiger partial charge in [-0.2, -0.15) is 0 Å². The molecule has 0 spiro atoms. The van der Waals surface area contributed by atoms with Crippen LogP contribution >= 0.6 is 11.6 Å². The molecule has 25 heavy (non-hydrogen) atoms. The Kier molecular flexibility index (Phi) is 7.16. The lowest BCUT2D eigenvalue weighted by atomic mass is 10.0. The first-order chi connectivity index (χ1) is 12.1. The Balaban J connectivity index is 2.25. The topological polar surface area (TPSA) is 63.2 Å². The van der Waals surface area contributed by atoms with Gasteiger partial charge in [0.15, 0.2) is 11.6 Å². The van der Waals surface area contributed by atoms with Crippen molar-refractivity contribution >= 4 is 18.0 Å². The minimum atomic E-state index is -0.520. The fraction of sp³-hybridized carbons (Fsp3) is 0.333. The van der Waals surface area contributed by atoms with E-state index >= 15 is 4.39 Å². The van der Waals surface area contributed by atoms with Crippen molar-refractivity contribution < 1.29 is 13.9 Å². The quantitative estimate of drug-likeness (QED) is 0.663. The molecule has 2 N–H and O–H groups in total. The molecule has 0 aliphatic rings. The number of amides is 1. The number of carbonyl (C=O) groups excluding carboxylic acids is 1. The van der Waals surface area contributed by atoms with Crippen molar-refractivity contribution in [2.75, 3.05) is 6.54 Å². The Morgan fingerprint density at radius 2 is 2.16 bits per heavy atom. The number of hydrogen-bond acceptors (Lipinski definition) is 4. The average Bonchev–Trinajstić information content (AvgIpc) is 2.63. The molecule has 2 rings (SSSR count). The number of nitrogens with one attached hydrogen (secondary N) is 2. The molecule has 1 aromatic carbocycles. The minimum Gasteiger partial charge on any atom is -0.434 e. The summed E-state index contributed by atoms with van der Waals surface area (Å²) < 4.78 is 20.6. The van der Waals surface area contributed by atoms with Crippen molar-refractivity contribution in [2.24, 2.45) is 0 Å². The Morgan fingerprint density at radius 1 is 1.36 bits per heavy atom. The van der Waals surface area contributed by atoms with Gasteiger partial charge in [0, 0.05) is 36.5 Å². The van der Waals surface area contributed by atoms with Gasteiger partial charge in [0.05, 0.1) is 5.02 Å². The van der Waals surface area contributed by atoms with E-state index in [2.05, 4.69) is 15.6 Å². The number of ether oxygens (including phenoxy) is 1. The summed E-state index contributed by atoms with van der Waals surface area (Å²) in [5.74, 6) is -0.296. The highest BCUT2D eigenvalue weighted by atomic mass is 35.5. The molecule has 0 unspecified atom stereocenters. The van der Waals surface area contributed by atoms with Crippen LogP contribution in [-0.2, 0) is 4.79 Å². The zero-order valence-corrected chi connectivity index (χ0v) is 14.9. The van der Waals surface area contributed by atoms with Crippen LogP contribution in [-0.4, -0.2) is 24.0 Å². The largest absolute Gasteiger partial charge is 0.434 e. The van der Waals surface area contributed by atoms with Crippen molar-refractivity contribution in [2.45, 2.75) is 32.4 Å². The second-order valence-electron chi connectivity index (χ2n) is 5.60. The maximum Gasteiger partial charge on any atom is 0.219 e. The molecule has 2 aromatic rings. The van der Waals surface area contributed by atoms with Crippen LogP contribution in [0.15, 0.2) is 36.5 Å². The Labute approximate surface area is 151 Å². The number of benzene rings is 1. The van der Waals surface area contributed by atoms with Crippen LogP contribution in [0.25, 0.3) is 0 Å². The Bertz CT molecular complexity index is 700. The molecule has 7 heteroatoms. The van der Waals surface area contributed by atoms with Crippen LogP contribution < -0.4 is 15.4 Å². The lowest BCUT2D eigenvalue weighted by Crippen LogP contribution is -2.38. The molecule has 0 bridgehead atoms. The molecule has 0 aliphatic carbocycles. The van der Waals surface area contributed by atoms with Gasteiger partial charge in [0.25, 0.3) is 0 Å². The second kappa shape index (κ2) is 9.34. The van der Waals surface area contributed by atoms with Gasteiger partial charge in [-0.3, -0.25) is 4.79 Å². The van der Waals surface area contributed by atoms with E-state index < -0.39 is 5.82 Å². The molecule has 0 saturated heterocycles. The van der Waals surface area contributed by atoms with Crippen molar-refractivity contribution in [3.63, 3.8) is 0 Å². The number of rotatable bonds is 9. The molecular weight excluding hydrogens is 345 g/mol. The lowest BCUT2D eigenvalue weighted by Gasteiger charge is -2.24. The first-order valence-corrected chi connectivity index (χ1v) is 8.44. The fourth-order valence-corrected chi connectivity index (χ4v) is 2.66. The number of carbonyl (C=O) groups is 1. The number of pyridine rings is 1. The summed E-state index contributed by atoms with van der Waals surface area (Å²) in [5.41, 5.74) is 0.454. The van der Waals surface area contributed by atoms with Crippen molar-refractivity contribution in [3.8, 4) is 11.6 Å². The zero-order valence-electron chi connectivity index (χ0n) is 14.1. The predicted molar refractivity (Wildman–Crippen MR) is 95.4 cm³/mol. The van der Waals surface area contributed by atoms with Crippen LogP contribution in [0.2, 0.25) is 5.02 Å². The summed E-state index contributed by atoms with van der Waals surface area (Å²) in [4.78, 5) is 14.4. The molecule has 134 valence electrons. The van der Waals surface area contributed by atoms with Gasteiger partial charge in [-0.05, 0) is 25.5 Å². The van der Waals surface area contributed by atoms with Crippen LogP contribution in [0.5, 0.6) is 11.6 Å². The van der Waals surface area contributed by atoms with E-state index in [0.717, 1.165) is 0 Å². The standard InChI is InChI=1S/C18H21ClFN3O2/c1-3-15(23-12(2)10-21-11-24)13-7-8-14(19)18(17(13)20)25-16-6-4-5-9-22-16/h4-9,11-12,15,23H,3,10H2,1-2H3,(H,21,24)/t12-,15+/m0/s1. The first-order valence-electron chi connectivity index (χ1n) is 8.06. The highest BCUT2D eigenvalue weighted by molar-refractivity contribution is 6.32. The molecule has 1 aromatic heterocycles. The monoisotopic (exact) mass is 365 g/mol. The van der Waals surface area contributed by atoms with Crippen LogP contribution in [0.1, 0.15) is 31.9 Å². The van der Waals surface area contributed by atoms with Gasteiger partial charge in [-0.15, -0.1) is 0 Å². The summed E-state index contributed by atoms with van der Waals surface area (Å²) in [6.07, 6.45) is 2.86. The highest BCUT2D eigenvalue weighted by Gasteiger charge is 2.21. The molecule has 0 radical (unpaired) electrons. The van der Waals surface area contributed by atoms with Crippen LogP contribution in [0, 0.1) is 5.82 Å². The number of halogens is 2. The normalized spacial score (nSPS) is 13.1. The average molecular weight is 366 g/mol. The molecule has 0 saturated carbocycles. The van der Waals surface area contributed by atoms with E-state index in [1.54, 1.807) is 36.5 Å². The molecule has 0 fully saturated rings. The van der Waals surface area contributed by atoms with E-state index in [1.165, 1.54) is 0 Å². The van der Waals surface area contributed by atoms with Gasteiger partial charge < -0.3 is 15.4 Å². The molecule has 5 nitrogen and oxygen atoms in total. The molecule has 1 amide bonds. The summed E-state index contributed by atoms with van der Waals surface area (Å²) in [5, 5.41) is 6.08. The predicted octanol–water partition coefficient (Wildman–Crippen LogP) is 3.84. The number of aromatic nitrogens is 1. The highest BCUT2D eigenvalue weighted by Crippen LogP contribution is 2.36. The minimum absolute atomic E-state index is 0.0228. The van der Waals surface area contributed by atoms with E-state index in [-0.39, 0.29) is 28.7 Å². The summed E-state index contributed by atoms with van der Waals surface area (Å²) in [6, 6.07) is 8.10. The smallest absolute Gasteiger partial charge is 0.219 e. The number of hydrogen-bond donors (Lipinski definition) is 2. The fourth-order valence-electron chi connectivity index (χ4n) is 2.48. The van der Waals surface area contributed by atoms with Gasteiger partial charge >= 0.3 is 0 Å². The van der Waals surface area contributed by atoms with Gasteiger partial charge in [0.2, 0.25) is 12.3 Å². The molecule has 0 aliphatic heterocycles. The van der Waals surface area contributed by atoms with Crippen LogP contribution in [0.3, 0.4) is 0 Å².